The van der Waals surface area contributed by atoms with E-state index in [1.807, 2.05) is 7.05 Å². The number of rotatable bonds is 9. The fourth-order valence-corrected chi connectivity index (χ4v) is 2.34. The largest absolute Gasteiger partial charge is 0.319 e. The molecular formula is C13H30N2. The van der Waals surface area contributed by atoms with Gasteiger partial charge in [-0.1, -0.05) is 40.0 Å². The van der Waals surface area contributed by atoms with Crippen molar-refractivity contribution in [1.82, 2.24) is 10.6 Å². The molecule has 0 radical (unpaired) electrons. The minimum Gasteiger partial charge on any atom is -0.319 e. The summed E-state index contributed by atoms with van der Waals surface area (Å²) in [5.74, 6) is 0. The first-order chi connectivity index (χ1) is 7.14. The van der Waals surface area contributed by atoms with E-state index in [0.717, 1.165) is 6.54 Å². The summed E-state index contributed by atoms with van der Waals surface area (Å²) in [7, 11) is 4.15. The Labute approximate surface area is 96.2 Å². The standard InChI is InChI=1S/C13H30N2/c1-6-8-9-10-12(15-5)13(3,7-2)11-14-4/h12,14-15H,6-11H2,1-5H3. The van der Waals surface area contributed by atoms with Crippen LogP contribution in [0.3, 0.4) is 0 Å². The number of hydrogen-bond acceptors (Lipinski definition) is 2. The van der Waals surface area contributed by atoms with Gasteiger partial charge < -0.3 is 10.6 Å². The average molecular weight is 214 g/mol. The van der Waals surface area contributed by atoms with Crippen LogP contribution in [0.25, 0.3) is 0 Å². The summed E-state index contributed by atoms with van der Waals surface area (Å²) in [4.78, 5) is 0. The summed E-state index contributed by atoms with van der Waals surface area (Å²) in [6.45, 7) is 8.04. The SMILES string of the molecule is CCCCCC(NC)C(C)(CC)CNC. The molecule has 2 nitrogen and oxygen atoms in total. The van der Waals surface area contributed by atoms with Crippen LogP contribution in [0.2, 0.25) is 0 Å². The minimum absolute atomic E-state index is 0.386. The minimum atomic E-state index is 0.386. The van der Waals surface area contributed by atoms with E-state index in [9.17, 15) is 0 Å². The Hall–Kier alpha value is -0.0800. The van der Waals surface area contributed by atoms with Gasteiger partial charge in [0.05, 0.1) is 0 Å². The molecule has 0 aromatic carbocycles. The molecular weight excluding hydrogens is 184 g/mol. The maximum atomic E-state index is 3.50. The highest BCUT2D eigenvalue weighted by atomic mass is 14.9. The van der Waals surface area contributed by atoms with Crippen LogP contribution in [0.1, 0.15) is 52.9 Å². The molecule has 0 rings (SSSR count). The summed E-state index contributed by atoms with van der Waals surface area (Å²) < 4.78 is 0. The molecule has 0 saturated carbocycles. The van der Waals surface area contributed by atoms with Gasteiger partial charge in [-0.05, 0) is 32.4 Å². The molecule has 0 fully saturated rings. The Balaban J connectivity index is 4.19. The van der Waals surface area contributed by atoms with Gasteiger partial charge in [-0.15, -0.1) is 0 Å². The molecule has 2 N–H and O–H groups in total. The number of hydrogen-bond donors (Lipinski definition) is 2. The van der Waals surface area contributed by atoms with Crippen LogP contribution in [-0.2, 0) is 0 Å². The number of nitrogens with one attached hydrogen (secondary N) is 2. The quantitative estimate of drug-likeness (QED) is 0.577. The van der Waals surface area contributed by atoms with Gasteiger partial charge in [0.15, 0.2) is 0 Å². The van der Waals surface area contributed by atoms with Gasteiger partial charge in [0, 0.05) is 12.6 Å². The first-order valence-electron chi connectivity index (χ1n) is 6.46. The lowest BCUT2D eigenvalue weighted by molar-refractivity contribution is 0.196. The fraction of sp³-hybridized carbons (Fsp3) is 1.00. The Morgan fingerprint density at radius 1 is 1.13 bits per heavy atom. The summed E-state index contributed by atoms with van der Waals surface area (Å²) in [6.07, 6.45) is 6.55. The van der Waals surface area contributed by atoms with Gasteiger partial charge in [0.25, 0.3) is 0 Å². The van der Waals surface area contributed by atoms with Crippen molar-refractivity contribution in [1.29, 1.82) is 0 Å². The second-order valence-electron chi connectivity index (χ2n) is 4.87. The predicted octanol–water partition coefficient (Wildman–Crippen LogP) is 2.79. The van der Waals surface area contributed by atoms with Gasteiger partial charge in [-0.2, -0.15) is 0 Å². The monoisotopic (exact) mass is 214 g/mol. The fourth-order valence-electron chi connectivity index (χ4n) is 2.34. The molecule has 0 aliphatic rings. The Morgan fingerprint density at radius 2 is 1.80 bits per heavy atom. The molecule has 0 saturated heterocycles. The smallest absolute Gasteiger partial charge is 0.0130 e. The van der Waals surface area contributed by atoms with Crippen molar-refractivity contribution in [2.24, 2.45) is 5.41 Å². The first-order valence-corrected chi connectivity index (χ1v) is 6.46. The zero-order valence-electron chi connectivity index (χ0n) is 11.3. The molecule has 2 atom stereocenters. The van der Waals surface area contributed by atoms with E-state index in [2.05, 4.69) is 38.5 Å². The van der Waals surface area contributed by atoms with Gasteiger partial charge >= 0.3 is 0 Å². The maximum Gasteiger partial charge on any atom is 0.0130 e. The van der Waals surface area contributed by atoms with Crippen molar-refractivity contribution in [3.8, 4) is 0 Å². The van der Waals surface area contributed by atoms with E-state index >= 15 is 0 Å². The van der Waals surface area contributed by atoms with Crippen molar-refractivity contribution >= 4 is 0 Å². The average Bonchev–Trinajstić information content (AvgIpc) is 2.24. The third kappa shape index (κ3) is 4.98. The zero-order chi connectivity index (χ0) is 11.7. The lowest BCUT2D eigenvalue weighted by Gasteiger charge is -2.37. The summed E-state index contributed by atoms with van der Waals surface area (Å²) >= 11 is 0. The van der Waals surface area contributed by atoms with Gasteiger partial charge in [-0.3, -0.25) is 0 Å². The van der Waals surface area contributed by atoms with Crippen LogP contribution in [0, 0.1) is 5.41 Å². The second kappa shape index (κ2) is 8.12. The molecule has 0 heterocycles. The Kier molecular flexibility index (Phi) is 8.07. The predicted molar refractivity (Wildman–Crippen MR) is 69.3 cm³/mol. The molecule has 15 heavy (non-hydrogen) atoms. The molecule has 0 aliphatic heterocycles. The second-order valence-corrected chi connectivity index (χ2v) is 4.87. The van der Waals surface area contributed by atoms with Crippen molar-refractivity contribution in [3.63, 3.8) is 0 Å². The Morgan fingerprint density at radius 3 is 2.20 bits per heavy atom. The van der Waals surface area contributed by atoms with Crippen LogP contribution in [0.4, 0.5) is 0 Å². The van der Waals surface area contributed by atoms with Crippen molar-refractivity contribution in [2.45, 2.75) is 58.9 Å². The van der Waals surface area contributed by atoms with Crippen LogP contribution >= 0.6 is 0 Å². The molecule has 0 spiro atoms. The third-order valence-corrected chi connectivity index (χ3v) is 3.67. The lowest BCUT2D eigenvalue weighted by atomic mass is 9.77. The van der Waals surface area contributed by atoms with Crippen molar-refractivity contribution < 1.29 is 0 Å². The van der Waals surface area contributed by atoms with E-state index in [1.165, 1.54) is 32.1 Å². The van der Waals surface area contributed by atoms with Crippen LogP contribution in [0.5, 0.6) is 0 Å². The van der Waals surface area contributed by atoms with Gasteiger partial charge in [-0.25, -0.2) is 0 Å². The molecule has 92 valence electrons. The highest BCUT2D eigenvalue weighted by Crippen LogP contribution is 2.28. The molecule has 0 aromatic heterocycles. The maximum absolute atomic E-state index is 3.50. The highest BCUT2D eigenvalue weighted by Gasteiger charge is 2.30. The molecule has 0 bridgehead atoms. The van der Waals surface area contributed by atoms with Gasteiger partial charge in [0.2, 0.25) is 0 Å². The summed E-state index contributed by atoms with van der Waals surface area (Å²) in [6, 6.07) is 0.640. The van der Waals surface area contributed by atoms with E-state index in [1.54, 1.807) is 0 Å². The van der Waals surface area contributed by atoms with Crippen LogP contribution in [0.15, 0.2) is 0 Å². The molecule has 0 amide bonds. The number of unbranched alkanes of at least 4 members (excludes halogenated alkanes) is 2. The topological polar surface area (TPSA) is 24.1 Å². The third-order valence-electron chi connectivity index (χ3n) is 3.67. The van der Waals surface area contributed by atoms with E-state index in [-0.39, 0.29) is 0 Å². The van der Waals surface area contributed by atoms with Crippen LogP contribution in [-0.4, -0.2) is 26.7 Å². The van der Waals surface area contributed by atoms with Crippen LogP contribution < -0.4 is 10.6 Å². The molecule has 2 heteroatoms. The zero-order valence-corrected chi connectivity index (χ0v) is 11.3. The van der Waals surface area contributed by atoms with E-state index in [0.29, 0.717) is 11.5 Å². The Bertz CT molecular complexity index is 147. The van der Waals surface area contributed by atoms with Crippen molar-refractivity contribution in [2.75, 3.05) is 20.6 Å². The first kappa shape index (κ1) is 14.9. The molecule has 2 unspecified atom stereocenters. The van der Waals surface area contributed by atoms with E-state index in [4.69, 9.17) is 0 Å². The lowest BCUT2D eigenvalue weighted by Crippen LogP contribution is -2.46. The molecule has 0 aliphatic carbocycles. The molecule has 0 aromatic rings. The summed E-state index contributed by atoms with van der Waals surface area (Å²) in [5, 5.41) is 6.82. The van der Waals surface area contributed by atoms with Gasteiger partial charge in [0.1, 0.15) is 0 Å². The highest BCUT2D eigenvalue weighted by molar-refractivity contribution is 4.87. The van der Waals surface area contributed by atoms with Crippen molar-refractivity contribution in [3.05, 3.63) is 0 Å². The normalized spacial score (nSPS) is 17.4. The summed E-state index contributed by atoms with van der Waals surface area (Å²) in [5.41, 5.74) is 0.386. The van der Waals surface area contributed by atoms with E-state index < -0.39 is 0 Å².